The van der Waals surface area contributed by atoms with Gasteiger partial charge in [-0.3, -0.25) is 4.79 Å². The van der Waals surface area contributed by atoms with Crippen molar-refractivity contribution in [2.24, 2.45) is 10.5 Å². The molecule has 0 radical (unpaired) electrons. The zero-order valence-electron chi connectivity index (χ0n) is 8.37. The molecule has 0 amide bonds. The van der Waals surface area contributed by atoms with Gasteiger partial charge in [-0.25, -0.2) is 8.42 Å². The van der Waals surface area contributed by atoms with E-state index in [0.29, 0.717) is 0 Å². The SMILES string of the molecule is COC(=O)[C@@H](N=[N+]=[N-])C1(C)CS(=O)(=O)C1. The fourth-order valence-electron chi connectivity index (χ4n) is 1.75. The van der Waals surface area contributed by atoms with Gasteiger partial charge in [-0.2, -0.15) is 0 Å². The fourth-order valence-corrected chi connectivity index (χ4v) is 4.00. The van der Waals surface area contributed by atoms with E-state index in [-0.39, 0.29) is 11.5 Å². The minimum Gasteiger partial charge on any atom is -0.469 e. The van der Waals surface area contributed by atoms with Gasteiger partial charge in [0.25, 0.3) is 0 Å². The van der Waals surface area contributed by atoms with Crippen molar-refractivity contribution in [2.75, 3.05) is 18.6 Å². The first-order valence-electron chi connectivity index (χ1n) is 4.17. The average Bonchev–Trinajstić information content (AvgIpc) is 2.09. The van der Waals surface area contributed by atoms with Crippen molar-refractivity contribution in [1.82, 2.24) is 0 Å². The van der Waals surface area contributed by atoms with Crippen molar-refractivity contribution < 1.29 is 17.9 Å². The molecule has 0 saturated carbocycles. The summed E-state index contributed by atoms with van der Waals surface area (Å²) in [5.41, 5.74) is 7.46. The van der Waals surface area contributed by atoms with Crippen LogP contribution in [0.25, 0.3) is 10.4 Å². The van der Waals surface area contributed by atoms with Crippen molar-refractivity contribution in [3.63, 3.8) is 0 Å². The number of carbonyl (C=O) groups excluding carboxylic acids is 1. The van der Waals surface area contributed by atoms with Crippen LogP contribution >= 0.6 is 0 Å². The second kappa shape index (κ2) is 3.71. The molecular weight excluding hydrogens is 222 g/mol. The van der Waals surface area contributed by atoms with Crippen LogP contribution in [0.4, 0.5) is 0 Å². The second-order valence-corrected chi connectivity index (χ2v) is 5.88. The molecule has 1 fully saturated rings. The molecular formula is C7H11N3O4S. The Morgan fingerprint density at radius 1 is 1.60 bits per heavy atom. The van der Waals surface area contributed by atoms with E-state index in [0.717, 1.165) is 0 Å². The molecule has 0 aromatic heterocycles. The minimum atomic E-state index is -3.09. The monoisotopic (exact) mass is 233 g/mol. The Labute approximate surface area is 87.0 Å². The number of esters is 1. The molecule has 0 N–H and O–H groups in total. The first-order valence-corrected chi connectivity index (χ1v) is 5.99. The van der Waals surface area contributed by atoms with Crippen LogP contribution < -0.4 is 0 Å². The third kappa shape index (κ3) is 2.21. The molecule has 1 rings (SSSR count). The Kier molecular flexibility index (Phi) is 2.92. The average molecular weight is 233 g/mol. The van der Waals surface area contributed by atoms with Gasteiger partial charge in [0.05, 0.1) is 18.6 Å². The molecule has 15 heavy (non-hydrogen) atoms. The first kappa shape index (κ1) is 11.8. The minimum absolute atomic E-state index is 0.154. The van der Waals surface area contributed by atoms with Crippen LogP contribution in [0, 0.1) is 5.41 Å². The van der Waals surface area contributed by atoms with E-state index in [1.807, 2.05) is 0 Å². The molecule has 1 heterocycles. The molecule has 0 bridgehead atoms. The molecule has 0 aromatic carbocycles. The van der Waals surface area contributed by atoms with E-state index < -0.39 is 27.3 Å². The van der Waals surface area contributed by atoms with Gasteiger partial charge in [-0.15, -0.1) is 0 Å². The molecule has 0 spiro atoms. The predicted molar refractivity (Wildman–Crippen MR) is 51.7 cm³/mol. The fraction of sp³-hybridized carbons (Fsp3) is 0.857. The molecule has 84 valence electrons. The summed E-state index contributed by atoms with van der Waals surface area (Å²) < 4.78 is 26.5. The van der Waals surface area contributed by atoms with Gasteiger partial charge in [0.1, 0.15) is 6.04 Å². The van der Waals surface area contributed by atoms with E-state index in [2.05, 4.69) is 14.8 Å². The van der Waals surface area contributed by atoms with Gasteiger partial charge in [0, 0.05) is 10.3 Å². The summed E-state index contributed by atoms with van der Waals surface area (Å²) in [7, 11) is -1.92. The van der Waals surface area contributed by atoms with Crippen LogP contribution in [0.5, 0.6) is 0 Å². The number of ether oxygens (including phenoxy) is 1. The molecule has 1 aliphatic heterocycles. The quantitative estimate of drug-likeness (QED) is 0.301. The lowest BCUT2D eigenvalue weighted by Crippen LogP contribution is -2.55. The maximum absolute atomic E-state index is 11.3. The van der Waals surface area contributed by atoms with Gasteiger partial charge in [-0.1, -0.05) is 12.0 Å². The third-order valence-electron chi connectivity index (χ3n) is 2.35. The summed E-state index contributed by atoms with van der Waals surface area (Å²) >= 11 is 0. The summed E-state index contributed by atoms with van der Waals surface area (Å²) in [5.74, 6) is -1.01. The van der Waals surface area contributed by atoms with Crippen LogP contribution in [0.2, 0.25) is 0 Å². The molecule has 0 unspecified atom stereocenters. The van der Waals surface area contributed by atoms with Gasteiger partial charge >= 0.3 is 5.97 Å². The summed E-state index contributed by atoms with van der Waals surface area (Å²) in [4.78, 5) is 13.8. The highest BCUT2D eigenvalue weighted by Gasteiger charge is 2.52. The Balaban J connectivity index is 2.92. The van der Waals surface area contributed by atoms with Crippen LogP contribution in [0.1, 0.15) is 6.92 Å². The Morgan fingerprint density at radius 2 is 2.13 bits per heavy atom. The number of hydrogen-bond donors (Lipinski definition) is 0. The van der Waals surface area contributed by atoms with Crippen LogP contribution in [0.3, 0.4) is 0 Å². The Bertz CT molecular complexity index is 412. The summed E-state index contributed by atoms with van der Waals surface area (Å²) in [6, 6.07) is -1.07. The number of nitrogens with zero attached hydrogens (tertiary/aromatic N) is 3. The molecule has 0 aromatic rings. The van der Waals surface area contributed by atoms with E-state index >= 15 is 0 Å². The number of rotatable bonds is 3. The van der Waals surface area contributed by atoms with E-state index in [9.17, 15) is 13.2 Å². The van der Waals surface area contributed by atoms with E-state index in [1.54, 1.807) is 6.92 Å². The number of sulfone groups is 1. The lowest BCUT2D eigenvalue weighted by molar-refractivity contribution is -0.144. The van der Waals surface area contributed by atoms with Gasteiger partial charge in [0.2, 0.25) is 0 Å². The van der Waals surface area contributed by atoms with Gasteiger partial charge in [0.15, 0.2) is 9.84 Å². The zero-order valence-corrected chi connectivity index (χ0v) is 9.19. The lowest BCUT2D eigenvalue weighted by Gasteiger charge is -2.40. The van der Waals surface area contributed by atoms with Crippen LogP contribution in [-0.2, 0) is 19.4 Å². The standard InChI is InChI=1S/C7H11N3O4S/c1-7(3-15(12,13)4-7)5(9-10-8)6(11)14-2/h5H,3-4H2,1-2H3/t5-/m1/s1. The molecule has 8 heteroatoms. The van der Waals surface area contributed by atoms with Crippen molar-refractivity contribution in [3.8, 4) is 0 Å². The third-order valence-corrected chi connectivity index (χ3v) is 4.55. The summed E-state index contributed by atoms with van der Waals surface area (Å²) in [6.45, 7) is 1.59. The number of carbonyl (C=O) groups is 1. The Morgan fingerprint density at radius 3 is 2.47 bits per heavy atom. The molecule has 0 aliphatic carbocycles. The Hall–Kier alpha value is -1.27. The van der Waals surface area contributed by atoms with Gasteiger partial charge < -0.3 is 4.74 Å². The van der Waals surface area contributed by atoms with Crippen molar-refractivity contribution in [2.45, 2.75) is 13.0 Å². The van der Waals surface area contributed by atoms with E-state index in [1.165, 1.54) is 7.11 Å². The van der Waals surface area contributed by atoms with E-state index in [4.69, 9.17) is 5.53 Å². The first-order chi connectivity index (χ1) is 6.84. The highest BCUT2D eigenvalue weighted by Crippen LogP contribution is 2.38. The summed E-state index contributed by atoms with van der Waals surface area (Å²) in [6.07, 6.45) is 0. The number of hydrogen-bond acceptors (Lipinski definition) is 5. The van der Waals surface area contributed by atoms with Crippen molar-refractivity contribution in [3.05, 3.63) is 10.4 Å². The van der Waals surface area contributed by atoms with Crippen molar-refractivity contribution >= 4 is 15.8 Å². The topological polar surface area (TPSA) is 109 Å². The number of azide groups is 1. The number of methoxy groups -OCH3 is 1. The largest absolute Gasteiger partial charge is 0.469 e. The van der Waals surface area contributed by atoms with Crippen molar-refractivity contribution in [1.29, 1.82) is 0 Å². The smallest absolute Gasteiger partial charge is 0.315 e. The maximum Gasteiger partial charge on any atom is 0.315 e. The lowest BCUT2D eigenvalue weighted by atomic mass is 9.86. The van der Waals surface area contributed by atoms with Crippen LogP contribution in [-0.4, -0.2) is 39.0 Å². The molecule has 1 saturated heterocycles. The highest BCUT2D eigenvalue weighted by molar-refractivity contribution is 7.92. The summed E-state index contributed by atoms with van der Waals surface area (Å²) in [5, 5.41) is 3.30. The van der Waals surface area contributed by atoms with Crippen LogP contribution in [0.15, 0.2) is 5.11 Å². The maximum atomic E-state index is 11.3. The second-order valence-electron chi connectivity index (χ2n) is 3.82. The zero-order chi connectivity index (χ0) is 11.7. The molecule has 1 atom stereocenters. The molecule has 7 nitrogen and oxygen atoms in total. The highest BCUT2D eigenvalue weighted by atomic mass is 32.2. The predicted octanol–water partition coefficient (Wildman–Crippen LogP) is 0.273. The van der Waals surface area contributed by atoms with Gasteiger partial charge in [-0.05, 0) is 5.53 Å². The normalized spacial score (nSPS) is 23.1. The molecule has 1 aliphatic rings.